The van der Waals surface area contributed by atoms with Gasteiger partial charge >= 0.3 is 0 Å². The summed E-state index contributed by atoms with van der Waals surface area (Å²) in [4.78, 5) is 22.3. The van der Waals surface area contributed by atoms with E-state index in [0.717, 1.165) is 10.6 Å². The van der Waals surface area contributed by atoms with Crippen LogP contribution < -0.4 is 9.73 Å². The number of hydrogen-bond donors (Lipinski definition) is 1. The summed E-state index contributed by atoms with van der Waals surface area (Å²) in [5.74, 6) is -0.540. The lowest BCUT2D eigenvalue weighted by Crippen LogP contribution is -2.25. The van der Waals surface area contributed by atoms with Crippen molar-refractivity contribution in [2.45, 2.75) is 0 Å². The van der Waals surface area contributed by atoms with Gasteiger partial charge in [0.1, 0.15) is 0 Å². The molecule has 2 aromatic rings. The van der Waals surface area contributed by atoms with Crippen molar-refractivity contribution in [3.63, 3.8) is 0 Å². The molecule has 0 saturated heterocycles. The molecule has 0 bridgehead atoms. The number of hydrazone groups is 1. The van der Waals surface area contributed by atoms with Gasteiger partial charge in [-0.25, -0.2) is 13.8 Å². The van der Waals surface area contributed by atoms with Crippen LogP contribution >= 0.6 is 11.6 Å². The Morgan fingerprint density at radius 1 is 1.26 bits per heavy atom. The van der Waals surface area contributed by atoms with E-state index in [2.05, 4.69) is 10.5 Å². The quantitative estimate of drug-likeness (QED) is 0.445. The molecule has 0 heterocycles. The molecule has 9 nitrogen and oxygen atoms in total. The first-order valence-corrected chi connectivity index (χ1v) is 9.63. The standard InChI is InChI=1S/C16H15ClN4O5S/c1-20(27(2,25)26)13-5-3-11(4-6-13)16(22)19-18-10-12-9-14(21(23)24)7-8-15(12)17/h3-10H,1-2H3,(H,19,22)/b18-10-. The van der Waals surface area contributed by atoms with E-state index < -0.39 is 20.9 Å². The van der Waals surface area contributed by atoms with E-state index in [-0.39, 0.29) is 21.8 Å². The Labute approximate surface area is 160 Å². The number of amides is 1. The number of carbonyl (C=O) groups is 1. The van der Waals surface area contributed by atoms with E-state index in [9.17, 15) is 23.3 Å². The van der Waals surface area contributed by atoms with Crippen molar-refractivity contribution in [2.75, 3.05) is 17.6 Å². The van der Waals surface area contributed by atoms with Gasteiger partial charge in [0.2, 0.25) is 10.0 Å². The number of sulfonamides is 1. The third kappa shape index (κ3) is 5.25. The van der Waals surface area contributed by atoms with Gasteiger partial charge in [-0.2, -0.15) is 5.10 Å². The Kier molecular flexibility index (Phi) is 6.13. The summed E-state index contributed by atoms with van der Waals surface area (Å²) in [5, 5.41) is 14.8. The summed E-state index contributed by atoms with van der Waals surface area (Å²) in [7, 11) is -2.00. The lowest BCUT2D eigenvalue weighted by molar-refractivity contribution is -0.384. The molecule has 0 atom stereocenters. The number of non-ortho nitro benzene ring substituents is 1. The summed E-state index contributed by atoms with van der Waals surface area (Å²) >= 11 is 5.94. The lowest BCUT2D eigenvalue weighted by Gasteiger charge is -2.16. The van der Waals surface area contributed by atoms with Crippen LogP contribution in [-0.2, 0) is 10.0 Å². The number of nitro benzene ring substituents is 1. The van der Waals surface area contributed by atoms with Crippen LogP contribution in [0.3, 0.4) is 0 Å². The average Bonchev–Trinajstić information content (AvgIpc) is 2.61. The minimum absolute atomic E-state index is 0.155. The predicted molar refractivity (Wildman–Crippen MR) is 103 cm³/mol. The molecule has 0 radical (unpaired) electrons. The number of nitro groups is 1. The number of carbonyl (C=O) groups excluding carboxylic acids is 1. The van der Waals surface area contributed by atoms with Gasteiger partial charge in [0, 0.05) is 35.3 Å². The molecule has 11 heteroatoms. The number of rotatable bonds is 6. The molecular weight excluding hydrogens is 396 g/mol. The van der Waals surface area contributed by atoms with Crippen molar-refractivity contribution >= 4 is 45.1 Å². The second-order valence-corrected chi connectivity index (χ2v) is 7.86. The molecule has 1 N–H and O–H groups in total. The van der Waals surface area contributed by atoms with Crippen molar-refractivity contribution in [3.8, 4) is 0 Å². The molecule has 0 fully saturated rings. The molecule has 0 aromatic heterocycles. The van der Waals surface area contributed by atoms with E-state index in [4.69, 9.17) is 11.6 Å². The van der Waals surface area contributed by atoms with Crippen molar-refractivity contribution in [2.24, 2.45) is 5.10 Å². The van der Waals surface area contributed by atoms with Crippen molar-refractivity contribution < 1.29 is 18.1 Å². The number of nitrogens with zero attached hydrogens (tertiary/aromatic N) is 3. The first kappa shape index (κ1) is 20.3. The van der Waals surface area contributed by atoms with Crippen molar-refractivity contribution in [1.29, 1.82) is 0 Å². The molecule has 142 valence electrons. The second-order valence-electron chi connectivity index (χ2n) is 5.44. The fourth-order valence-electron chi connectivity index (χ4n) is 1.98. The summed E-state index contributed by atoms with van der Waals surface area (Å²) in [6.45, 7) is 0. The molecule has 0 unspecified atom stereocenters. The zero-order chi connectivity index (χ0) is 20.2. The summed E-state index contributed by atoms with van der Waals surface area (Å²) < 4.78 is 24.1. The van der Waals surface area contributed by atoms with E-state index >= 15 is 0 Å². The number of benzene rings is 2. The van der Waals surface area contributed by atoms with Gasteiger partial charge in [0.15, 0.2) is 0 Å². The maximum absolute atomic E-state index is 12.1. The highest BCUT2D eigenvalue weighted by atomic mass is 35.5. The van der Waals surface area contributed by atoms with Crippen molar-refractivity contribution in [1.82, 2.24) is 5.43 Å². The molecule has 0 spiro atoms. The molecule has 0 aliphatic rings. The highest BCUT2D eigenvalue weighted by Gasteiger charge is 2.13. The van der Waals surface area contributed by atoms with Crippen LogP contribution in [0.2, 0.25) is 5.02 Å². The topological polar surface area (TPSA) is 122 Å². The largest absolute Gasteiger partial charge is 0.274 e. The van der Waals surface area contributed by atoms with Crippen LogP contribution in [0.5, 0.6) is 0 Å². The molecule has 0 aliphatic heterocycles. The third-order valence-electron chi connectivity index (χ3n) is 3.55. The summed E-state index contributed by atoms with van der Waals surface area (Å²) in [5.41, 5.74) is 3.05. The molecule has 2 aromatic carbocycles. The smallest absolute Gasteiger partial charge is 0.271 e. The van der Waals surface area contributed by atoms with Gasteiger partial charge in [-0.15, -0.1) is 0 Å². The molecule has 2 rings (SSSR count). The van der Waals surface area contributed by atoms with E-state index in [1.165, 1.54) is 55.7 Å². The van der Waals surface area contributed by atoms with Gasteiger partial charge in [-0.05, 0) is 30.3 Å². The number of nitrogens with one attached hydrogen (secondary N) is 1. The third-order valence-corrected chi connectivity index (χ3v) is 5.10. The summed E-state index contributed by atoms with van der Waals surface area (Å²) in [6, 6.07) is 9.71. The minimum atomic E-state index is -3.40. The number of halogens is 1. The zero-order valence-electron chi connectivity index (χ0n) is 14.3. The Morgan fingerprint density at radius 2 is 1.89 bits per heavy atom. The van der Waals surface area contributed by atoms with Gasteiger partial charge in [-0.1, -0.05) is 11.6 Å². The first-order chi connectivity index (χ1) is 12.6. The monoisotopic (exact) mass is 410 g/mol. The van der Waals surface area contributed by atoms with Crippen LogP contribution in [0.15, 0.2) is 47.6 Å². The Hall–Kier alpha value is -2.98. The Bertz CT molecular complexity index is 1010. The first-order valence-electron chi connectivity index (χ1n) is 7.41. The van der Waals surface area contributed by atoms with Crippen molar-refractivity contribution in [3.05, 3.63) is 68.7 Å². The molecule has 0 aliphatic carbocycles. The second kappa shape index (κ2) is 8.14. The molecule has 0 saturated carbocycles. The maximum Gasteiger partial charge on any atom is 0.271 e. The Balaban J connectivity index is 2.09. The van der Waals surface area contributed by atoms with E-state index in [1.54, 1.807) is 0 Å². The van der Waals surface area contributed by atoms with E-state index in [1.807, 2.05) is 0 Å². The number of hydrogen-bond acceptors (Lipinski definition) is 6. The molecule has 1 amide bonds. The normalized spacial score (nSPS) is 11.4. The fourth-order valence-corrected chi connectivity index (χ4v) is 2.65. The maximum atomic E-state index is 12.1. The van der Waals surface area contributed by atoms with Gasteiger partial charge in [-0.3, -0.25) is 19.2 Å². The molecule has 27 heavy (non-hydrogen) atoms. The van der Waals surface area contributed by atoms with Crippen LogP contribution in [-0.4, -0.2) is 38.8 Å². The lowest BCUT2D eigenvalue weighted by atomic mass is 10.2. The zero-order valence-corrected chi connectivity index (χ0v) is 15.9. The SMILES string of the molecule is CN(c1ccc(C(=O)N/N=C\c2cc([N+](=O)[O-])ccc2Cl)cc1)S(C)(=O)=O. The fraction of sp³-hybridized carbons (Fsp3) is 0.125. The van der Waals surface area contributed by atoms with Gasteiger partial charge in [0.05, 0.1) is 23.1 Å². The highest BCUT2D eigenvalue weighted by Crippen LogP contribution is 2.20. The predicted octanol–water partition coefficient (Wildman–Crippen LogP) is 2.41. The van der Waals surface area contributed by atoms with Crippen LogP contribution in [0, 0.1) is 10.1 Å². The average molecular weight is 411 g/mol. The highest BCUT2D eigenvalue weighted by molar-refractivity contribution is 7.92. The number of anilines is 1. The van der Waals surface area contributed by atoms with Gasteiger partial charge in [0.25, 0.3) is 11.6 Å². The van der Waals surface area contributed by atoms with Gasteiger partial charge < -0.3 is 0 Å². The minimum Gasteiger partial charge on any atom is -0.274 e. The van der Waals surface area contributed by atoms with Crippen LogP contribution in [0.4, 0.5) is 11.4 Å². The Morgan fingerprint density at radius 3 is 2.44 bits per heavy atom. The van der Waals surface area contributed by atoms with E-state index in [0.29, 0.717) is 5.69 Å². The van der Waals surface area contributed by atoms with Crippen LogP contribution in [0.1, 0.15) is 15.9 Å². The summed E-state index contributed by atoms with van der Waals surface area (Å²) in [6.07, 6.45) is 2.26. The molecular formula is C16H15ClN4O5S. The van der Waals surface area contributed by atoms with Crippen LogP contribution in [0.25, 0.3) is 0 Å².